The molecular weight excluding hydrogens is 264 g/mol. The van der Waals surface area contributed by atoms with Gasteiger partial charge < -0.3 is 4.74 Å². The van der Waals surface area contributed by atoms with Gasteiger partial charge in [-0.15, -0.1) is 0 Å². The standard InChI is InChI=1S/C16H16N4O/c1-4-8-16-13(5-1)11-19(9-10-21-16)12-20-17-14-6-2-3-7-15(14)18-20/h1-8H,9-12H2. The highest BCUT2D eigenvalue weighted by Gasteiger charge is 2.15. The van der Waals surface area contributed by atoms with Gasteiger partial charge in [0.15, 0.2) is 0 Å². The quantitative estimate of drug-likeness (QED) is 0.722. The Morgan fingerprint density at radius 1 is 0.952 bits per heavy atom. The molecule has 0 fully saturated rings. The van der Waals surface area contributed by atoms with Gasteiger partial charge in [0.25, 0.3) is 0 Å². The number of fused-ring (bicyclic) bond motifs is 2. The molecule has 0 spiro atoms. The number of hydrogen-bond acceptors (Lipinski definition) is 4. The van der Waals surface area contributed by atoms with Crippen molar-refractivity contribution in [3.8, 4) is 5.75 Å². The van der Waals surface area contributed by atoms with Crippen LogP contribution in [-0.2, 0) is 13.2 Å². The number of para-hydroxylation sites is 1. The molecule has 106 valence electrons. The lowest BCUT2D eigenvalue weighted by Crippen LogP contribution is -2.29. The monoisotopic (exact) mass is 280 g/mol. The minimum atomic E-state index is 0.673. The molecule has 0 atom stereocenters. The summed E-state index contributed by atoms with van der Waals surface area (Å²) in [5, 5.41) is 9.03. The van der Waals surface area contributed by atoms with Gasteiger partial charge in [-0.3, -0.25) is 4.90 Å². The molecule has 0 unspecified atom stereocenters. The molecule has 0 saturated heterocycles. The van der Waals surface area contributed by atoms with Crippen LogP contribution in [0, 0.1) is 0 Å². The third-order valence-corrected chi connectivity index (χ3v) is 3.69. The number of aromatic nitrogens is 3. The van der Waals surface area contributed by atoms with E-state index in [-0.39, 0.29) is 0 Å². The van der Waals surface area contributed by atoms with Crippen LogP contribution in [0.3, 0.4) is 0 Å². The van der Waals surface area contributed by atoms with Crippen molar-refractivity contribution in [1.29, 1.82) is 0 Å². The second kappa shape index (κ2) is 5.18. The van der Waals surface area contributed by atoms with E-state index in [0.29, 0.717) is 13.3 Å². The van der Waals surface area contributed by atoms with Crippen LogP contribution >= 0.6 is 0 Å². The SMILES string of the molecule is c1ccc2c(c1)CN(Cn1nc3ccccc3n1)CCO2. The van der Waals surface area contributed by atoms with Crippen LogP contribution in [0.4, 0.5) is 0 Å². The van der Waals surface area contributed by atoms with E-state index in [0.717, 1.165) is 29.9 Å². The summed E-state index contributed by atoms with van der Waals surface area (Å²) >= 11 is 0. The fourth-order valence-electron chi connectivity index (χ4n) is 2.65. The first-order chi connectivity index (χ1) is 10.4. The summed E-state index contributed by atoms with van der Waals surface area (Å²) < 4.78 is 5.78. The Hall–Kier alpha value is -2.40. The van der Waals surface area contributed by atoms with E-state index in [1.807, 2.05) is 42.5 Å². The van der Waals surface area contributed by atoms with Crippen molar-refractivity contribution in [2.45, 2.75) is 13.2 Å². The molecule has 1 aromatic heterocycles. The number of ether oxygens (including phenoxy) is 1. The van der Waals surface area contributed by atoms with Crippen molar-refractivity contribution >= 4 is 11.0 Å². The lowest BCUT2D eigenvalue weighted by atomic mass is 10.2. The van der Waals surface area contributed by atoms with Crippen LogP contribution < -0.4 is 4.74 Å². The lowest BCUT2D eigenvalue weighted by molar-refractivity contribution is 0.169. The molecule has 0 amide bonds. The summed E-state index contributed by atoms with van der Waals surface area (Å²) in [6.45, 7) is 3.09. The first kappa shape index (κ1) is 12.3. The van der Waals surface area contributed by atoms with E-state index < -0.39 is 0 Å². The van der Waals surface area contributed by atoms with Crippen LogP contribution in [-0.4, -0.2) is 33.0 Å². The summed E-state index contributed by atoms with van der Waals surface area (Å²) in [6.07, 6.45) is 0. The topological polar surface area (TPSA) is 43.2 Å². The van der Waals surface area contributed by atoms with Gasteiger partial charge in [0.05, 0.1) is 0 Å². The number of nitrogens with zero attached hydrogens (tertiary/aromatic N) is 4. The van der Waals surface area contributed by atoms with Crippen molar-refractivity contribution in [2.75, 3.05) is 13.2 Å². The Morgan fingerprint density at radius 2 is 1.67 bits per heavy atom. The first-order valence-electron chi connectivity index (χ1n) is 7.11. The predicted octanol–water partition coefficient (Wildman–Crippen LogP) is 2.28. The second-order valence-electron chi connectivity index (χ2n) is 5.21. The summed E-state index contributed by atoms with van der Waals surface area (Å²) in [5.41, 5.74) is 3.08. The van der Waals surface area contributed by atoms with Crippen LogP contribution in [0.15, 0.2) is 48.5 Å². The van der Waals surface area contributed by atoms with E-state index in [4.69, 9.17) is 4.74 Å². The number of rotatable bonds is 2. The molecule has 0 N–H and O–H groups in total. The van der Waals surface area contributed by atoms with Gasteiger partial charge in [0.1, 0.15) is 30.1 Å². The van der Waals surface area contributed by atoms with Gasteiger partial charge >= 0.3 is 0 Å². The highest BCUT2D eigenvalue weighted by molar-refractivity contribution is 5.72. The third kappa shape index (κ3) is 2.48. The molecule has 0 saturated carbocycles. The van der Waals surface area contributed by atoms with Crippen molar-refractivity contribution in [2.24, 2.45) is 0 Å². The Kier molecular flexibility index (Phi) is 3.05. The fourth-order valence-corrected chi connectivity index (χ4v) is 2.65. The maximum Gasteiger partial charge on any atom is 0.123 e. The summed E-state index contributed by atoms with van der Waals surface area (Å²) in [7, 11) is 0. The fraction of sp³-hybridized carbons (Fsp3) is 0.250. The lowest BCUT2D eigenvalue weighted by Gasteiger charge is -2.18. The van der Waals surface area contributed by atoms with Gasteiger partial charge in [-0.05, 0) is 18.2 Å². The average molecular weight is 280 g/mol. The molecule has 1 aliphatic rings. The van der Waals surface area contributed by atoms with Gasteiger partial charge in [-0.25, -0.2) is 0 Å². The summed E-state index contributed by atoms with van der Waals surface area (Å²) in [4.78, 5) is 4.06. The van der Waals surface area contributed by atoms with Gasteiger partial charge in [0.2, 0.25) is 0 Å². The summed E-state index contributed by atoms with van der Waals surface area (Å²) in [5.74, 6) is 0.985. The highest BCUT2D eigenvalue weighted by atomic mass is 16.5. The van der Waals surface area contributed by atoms with Crippen LogP contribution in [0.25, 0.3) is 11.0 Å². The van der Waals surface area contributed by atoms with Gasteiger partial charge in [-0.1, -0.05) is 30.3 Å². The van der Waals surface area contributed by atoms with Gasteiger partial charge in [-0.2, -0.15) is 15.0 Å². The normalized spacial score (nSPS) is 15.4. The van der Waals surface area contributed by atoms with E-state index in [2.05, 4.69) is 21.2 Å². The second-order valence-corrected chi connectivity index (χ2v) is 5.21. The zero-order valence-corrected chi connectivity index (χ0v) is 11.6. The van der Waals surface area contributed by atoms with Gasteiger partial charge in [0, 0.05) is 18.7 Å². The Balaban J connectivity index is 1.57. The zero-order chi connectivity index (χ0) is 14.1. The minimum Gasteiger partial charge on any atom is -0.492 e. The van der Waals surface area contributed by atoms with E-state index in [1.165, 1.54) is 5.56 Å². The number of benzene rings is 2. The van der Waals surface area contributed by atoms with Crippen LogP contribution in [0.1, 0.15) is 5.56 Å². The van der Waals surface area contributed by atoms with Crippen molar-refractivity contribution in [1.82, 2.24) is 19.9 Å². The predicted molar refractivity (Wildman–Crippen MR) is 79.9 cm³/mol. The Morgan fingerprint density at radius 3 is 2.48 bits per heavy atom. The van der Waals surface area contributed by atoms with Crippen molar-refractivity contribution < 1.29 is 4.74 Å². The first-order valence-corrected chi connectivity index (χ1v) is 7.11. The molecule has 21 heavy (non-hydrogen) atoms. The molecular formula is C16H16N4O. The van der Waals surface area contributed by atoms with Crippen molar-refractivity contribution in [3.63, 3.8) is 0 Å². The zero-order valence-electron chi connectivity index (χ0n) is 11.6. The molecule has 0 aliphatic carbocycles. The Bertz CT molecular complexity index is 735. The van der Waals surface area contributed by atoms with Crippen LogP contribution in [0.5, 0.6) is 5.75 Å². The molecule has 0 radical (unpaired) electrons. The molecule has 2 heterocycles. The van der Waals surface area contributed by atoms with E-state index in [9.17, 15) is 0 Å². The Labute approximate surface area is 122 Å². The molecule has 4 rings (SSSR count). The summed E-state index contributed by atoms with van der Waals surface area (Å²) in [6, 6.07) is 16.1. The third-order valence-electron chi connectivity index (χ3n) is 3.69. The molecule has 3 aromatic rings. The molecule has 0 bridgehead atoms. The van der Waals surface area contributed by atoms with E-state index >= 15 is 0 Å². The minimum absolute atomic E-state index is 0.673. The molecule has 5 heteroatoms. The average Bonchev–Trinajstić information content (AvgIpc) is 2.79. The highest BCUT2D eigenvalue weighted by Crippen LogP contribution is 2.22. The molecule has 2 aromatic carbocycles. The van der Waals surface area contributed by atoms with E-state index in [1.54, 1.807) is 4.80 Å². The molecule has 1 aliphatic heterocycles. The smallest absolute Gasteiger partial charge is 0.123 e. The number of hydrogen-bond donors (Lipinski definition) is 0. The van der Waals surface area contributed by atoms with Crippen molar-refractivity contribution in [3.05, 3.63) is 54.1 Å². The maximum absolute atomic E-state index is 5.78. The maximum atomic E-state index is 5.78. The largest absolute Gasteiger partial charge is 0.492 e. The molecule has 5 nitrogen and oxygen atoms in total. The van der Waals surface area contributed by atoms with Crippen LogP contribution in [0.2, 0.25) is 0 Å².